The quantitative estimate of drug-likeness (QED) is 0.821. The van der Waals surface area contributed by atoms with E-state index in [1.807, 2.05) is 22.8 Å². The van der Waals surface area contributed by atoms with Crippen LogP contribution in [0.2, 0.25) is 0 Å². The Morgan fingerprint density at radius 2 is 2.35 bits per heavy atom. The molecule has 2 heterocycles. The van der Waals surface area contributed by atoms with Gasteiger partial charge in [0.2, 0.25) is 0 Å². The molecule has 1 fully saturated rings. The van der Waals surface area contributed by atoms with Gasteiger partial charge < -0.3 is 24.9 Å². The molecule has 2 unspecified atom stereocenters. The predicted octanol–water partition coefficient (Wildman–Crippen LogP) is 1.09. The number of hydrogen-bond donors (Lipinski definition) is 2. The fourth-order valence-corrected chi connectivity index (χ4v) is 2.52. The molecule has 1 saturated heterocycles. The molecular weight excluding hydrogens is 258 g/mol. The van der Waals surface area contributed by atoms with Crippen molar-refractivity contribution in [3.8, 4) is 0 Å². The lowest BCUT2D eigenvalue weighted by Gasteiger charge is -2.24. The molecule has 6 heteroatoms. The first-order valence-electron chi connectivity index (χ1n) is 6.78. The van der Waals surface area contributed by atoms with Crippen LogP contribution in [-0.2, 0) is 16.0 Å². The lowest BCUT2D eigenvalue weighted by Crippen LogP contribution is -2.32. The molecule has 1 aliphatic rings. The van der Waals surface area contributed by atoms with Crippen LogP contribution in [0.3, 0.4) is 0 Å². The van der Waals surface area contributed by atoms with Crippen LogP contribution in [0.1, 0.15) is 18.9 Å². The number of anilines is 1. The van der Waals surface area contributed by atoms with Gasteiger partial charge in [0.15, 0.2) is 0 Å². The van der Waals surface area contributed by atoms with Gasteiger partial charge in [0, 0.05) is 5.69 Å². The smallest absolute Gasteiger partial charge is 0.138 e. The molecule has 0 radical (unpaired) electrons. The van der Waals surface area contributed by atoms with E-state index in [1.54, 1.807) is 6.92 Å². The Morgan fingerprint density at radius 1 is 1.50 bits per heavy atom. The summed E-state index contributed by atoms with van der Waals surface area (Å²) in [6, 6.07) is 5.58. The fraction of sp³-hybridized carbons (Fsp3) is 0.500. The number of benzene rings is 1. The van der Waals surface area contributed by atoms with Crippen molar-refractivity contribution in [3.63, 3.8) is 0 Å². The zero-order chi connectivity index (χ0) is 14.1. The number of aliphatic hydroxyl groups is 1. The molecule has 0 saturated carbocycles. The van der Waals surface area contributed by atoms with Crippen LogP contribution in [0.5, 0.6) is 0 Å². The largest absolute Gasteiger partial charge is 0.399 e. The van der Waals surface area contributed by atoms with Crippen molar-refractivity contribution in [2.45, 2.75) is 25.7 Å². The molecule has 3 N–H and O–H groups in total. The van der Waals surface area contributed by atoms with Gasteiger partial charge in [-0.25, -0.2) is 4.98 Å². The van der Waals surface area contributed by atoms with Gasteiger partial charge in [-0.05, 0) is 25.1 Å². The molecule has 108 valence electrons. The van der Waals surface area contributed by atoms with Gasteiger partial charge in [-0.1, -0.05) is 0 Å². The number of nitrogens with zero attached hydrogens (tertiary/aromatic N) is 2. The zero-order valence-electron chi connectivity index (χ0n) is 11.5. The summed E-state index contributed by atoms with van der Waals surface area (Å²) < 4.78 is 13.1. The first-order chi connectivity index (χ1) is 9.65. The summed E-state index contributed by atoms with van der Waals surface area (Å²) >= 11 is 0. The van der Waals surface area contributed by atoms with Crippen LogP contribution < -0.4 is 5.73 Å². The highest BCUT2D eigenvalue weighted by molar-refractivity contribution is 5.79. The van der Waals surface area contributed by atoms with E-state index in [2.05, 4.69) is 4.98 Å². The molecular formula is C14H19N3O3. The average Bonchev–Trinajstić information content (AvgIpc) is 2.78. The van der Waals surface area contributed by atoms with E-state index in [0.717, 1.165) is 11.0 Å². The number of ether oxygens (including phenoxy) is 2. The number of fused-ring (bicyclic) bond motifs is 1. The maximum atomic E-state index is 9.92. The van der Waals surface area contributed by atoms with Crippen LogP contribution in [0, 0.1) is 0 Å². The summed E-state index contributed by atoms with van der Waals surface area (Å²) in [5.41, 5.74) is 8.19. The molecule has 0 aliphatic carbocycles. The van der Waals surface area contributed by atoms with Gasteiger partial charge in [-0.2, -0.15) is 0 Å². The van der Waals surface area contributed by atoms with Gasteiger partial charge in [0.05, 0.1) is 43.5 Å². The number of nitrogens with two attached hydrogens (primary N) is 1. The van der Waals surface area contributed by atoms with Crippen molar-refractivity contribution in [3.05, 3.63) is 24.0 Å². The number of aromatic nitrogens is 2. The Morgan fingerprint density at radius 3 is 3.05 bits per heavy atom. The van der Waals surface area contributed by atoms with E-state index in [0.29, 0.717) is 37.9 Å². The van der Waals surface area contributed by atoms with Gasteiger partial charge in [0.25, 0.3) is 0 Å². The summed E-state index contributed by atoms with van der Waals surface area (Å²) in [5.74, 6) is 0.625. The third-order valence-electron chi connectivity index (χ3n) is 3.45. The van der Waals surface area contributed by atoms with E-state index in [4.69, 9.17) is 15.2 Å². The van der Waals surface area contributed by atoms with E-state index < -0.39 is 6.10 Å². The average molecular weight is 277 g/mol. The van der Waals surface area contributed by atoms with Crippen molar-refractivity contribution in [2.24, 2.45) is 0 Å². The van der Waals surface area contributed by atoms with Gasteiger partial charge in [0.1, 0.15) is 11.9 Å². The summed E-state index contributed by atoms with van der Waals surface area (Å²) in [7, 11) is 0. The molecule has 2 atom stereocenters. The molecule has 1 aromatic heterocycles. The minimum absolute atomic E-state index is 0.0174. The molecule has 3 rings (SSSR count). The molecule has 2 aromatic rings. The van der Waals surface area contributed by atoms with Crippen molar-refractivity contribution in [2.75, 3.05) is 25.6 Å². The normalized spacial score (nSPS) is 21.2. The first-order valence-corrected chi connectivity index (χ1v) is 6.78. The number of hydrogen-bond acceptors (Lipinski definition) is 5. The van der Waals surface area contributed by atoms with Crippen LogP contribution >= 0.6 is 0 Å². The highest BCUT2D eigenvalue weighted by Crippen LogP contribution is 2.23. The zero-order valence-corrected chi connectivity index (χ0v) is 11.5. The maximum absolute atomic E-state index is 9.92. The van der Waals surface area contributed by atoms with E-state index in [1.165, 1.54) is 0 Å². The van der Waals surface area contributed by atoms with Gasteiger partial charge in [-0.15, -0.1) is 0 Å². The highest BCUT2D eigenvalue weighted by atomic mass is 16.6. The second kappa shape index (κ2) is 5.40. The predicted molar refractivity (Wildman–Crippen MR) is 75.3 cm³/mol. The van der Waals surface area contributed by atoms with Crippen LogP contribution in [0.25, 0.3) is 11.0 Å². The molecule has 1 aromatic carbocycles. The molecule has 0 amide bonds. The maximum Gasteiger partial charge on any atom is 0.138 e. The number of imidazole rings is 1. The topological polar surface area (TPSA) is 82.5 Å². The van der Waals surface area contributed by atoms with Crippen LogP contribution in [0.15, 0.2) is 18.2 Å². The molecule has 20 heavy (non-hydrogen) atoms. The second-order valence-electron chi connectivity index (χ2n) is 5.07. The van der Waals surface area contributed by atoms with Crippen molar-refractivity contribution < 1.29 is 14.6 Å². The number of nitrogen functional groups attached to an aromatic ring is 1. The Hall–Kier alpha value is -1.63. The van der Waals surface area contributed by atoms with Crippen LogP contribution in [0.4, 0.5) is 5.69 Å². The van der Waals surface area contributed by atoms with E-state index in [9.17, 15) is 5.11 Å². The second-order valence-corrected chi connectivity index (χ2v) is 5.07. The summed E-state index contributed by atoms with van der Waals surface area (Å²) in [6.07, 6.45) is -0.663. The lowest BCUT2D eigenvalue weighted by molar-refractivity contribution is -0.0937. The van der Waals surface area contributed by atoms with Gasteiger partial charge in [-0.3, -0.25) is 0 Å². The molecule has 0 bridgehead atoms. The minimum Gasteiger partial charge on any atom is -0.399 e. The third kappa shape index (κ3) is 2.49. The SMILES string of the molecule is CC(O)c1nc2cc(N)ccc2n1CC1COCCO1. The highest BCUT2D eigenvalue weighted by Gasteiger charge is 2.20. The number of aliphatic hydroxyl groups excluding tert-OH is 1. The fourth-order valence-electron chi connectivity index (χ4n) is 2.52. The Kier molecular flexibility index (Phi) is 3.60. The van der Waals surface area contributed by atoms with E-state index >= 15 is 0 Å². The van der Waals surface area contributed by atoms with Crippen LogP contribution in [-0.4, -0.2) is 40.6 Å². The standard InChI is InChI=1S/C14H19N3O3/c1-9(18)14-16-12-6-10(15)2-3-13(12)17(14)7-11-8-19-4-5-20-11/h2-3,6,9,11,18H,4-5,7-8,15H2,1H3. The van der Waals surface area contributed by atoms with Crippen molar-refractivity contribution in [1.82, 2.24) is 9.55 Å². The Bertz CT molecular complexity index is 603. The minimum atomic E-state index is -0.645. The third-order valence-corrected chi connectivity index (χ3v) is 3.45. The lowest BCUT2D eigenvalue weighted by atomic mass is 10.2. The summed E-state index contributed by atoms with van der Waals surface area (Å²) in [6.45, 7) is 4.13. The van der Waals surface area contributed by atoms with Crippen molar-refractivity contribution in [1.29, 1.82) is 0 Å². The summed E-state index contributed by atoms with van der Waals surface area (Å²) in [4.78, 5) is 4.48. The molecule has 6 nitrogen and oxygen atoms in total. The monoisotopic (exact) mass is 277 g/mol. The Balaban J connectivity index is 1.99. The Labute approximate surface area is 117 Å². The van der Waals surface area contributed by atoms with Gasteiger partial charge >= 0.3 is 0 Å². The first kappa shape index (κ1) is 13.4. The molecule has 0 spiro atoms. The molecule has 1 aliphatic heterocycles. The van der Waals surface area contributed by atoms with E-state index in [-0.39, 0.29) is 6.10 Å². The summed E-state index contributed by atoms with van der Waals surface area (Å²) in [5, 5.41) is 9.92. The number of rotatable bonds is 3. The van der Waals surface area contributed by atoms with Crippen molar-refractivity contribution >= 4 is 16.7 Å².